The lowest BCUT2D eigenvalue weighted by molar-refractivity contribution is -0.123. The molecule has 2 aromatic rings. The highest BCUT2D eigenvalue weighted by Crippen LogP contribution is 2.19. The van der Waals surface area contributed by atoms with Crippen LogP contribution < -0.4 is 15.4 Å². The lowest BCUT2D eigenvalue weighted by Gasteiger charge is -2.09. The van der Waals surface area contributed by atoms with Crippen LogP contribution in [0.25, 0.3) is 6.08 Å². The van der Waals surface area contributed by atoms with Gasteiger partial charge in [0, 0.05) is 44.2 Å². The maximum atomic E-state index is 12.0. The van der Waals surface area contributed by atoms with Gasteiger partial charge < -0.3 is 20.1 Å². The number of benzene rings is 1. The zero-order valence-electron chi connectivity index (χ0n) is 15.2. The maximum Gasteiger partial charge on any atom is 0.258 e. The average molecular weight is 369 g/mol. The number of aromatic nitrogens is 1. The fourth-order valence-corrected chi connectivity index (χ4v) is 2.15. The number of ether oxygens (including phenoxy) is 2. The highest BCUT2D eigenvalue weighted by atomic mass is 16.5. The van der Waals surface area contributed by atoms with Crippen LogP contribution in [0.4, 0.5) is 0 Å². The number of carbonyl (C=O) groups is 2. The van der Waals surface area contributed by atoms with Crippen molar-refractivity contribution >= 4 is 17.9 Å². The third kappa shape index (κ3) is 7.70. The van der Waals surface area contributed by atoms with Gasteiger partial charge in [0.2, 0.25) is 5.91 Å². The van der Waals surface area contributed by atoms with Crippen LogP contribution in [-0.4, -0.2) is 43.7 Å². The third-order valence-corrected chi connectivity index (χ3v) is 3.51. The van der Waals surface area contributed by atoms with E-state index in [2.05, 4.69) is 15.6 Å². The average Bonchev–Trinajstić information content (AvgIpc) is 2.70. The minimum atomic E-state index is -0.236. The van der Waals surface area contributed by atoms with Crippen LogP contribution >= 0.6 is 0 Å². The van der Waals surface area contributed by atoms with Crippen LogP contribution in [-0.2, 0) is 20.9 Å². The lowest BCUT2D eigenvalue weighted by Crippen LogP contribution is -2.31. The normalized spacial score (nSPS) is 10.6. The summed E-state index contributed by atoms with van der Waals surface area (Å²) in [5, 5.41) is 5.46. The van der Waals surface area contributed by atoms with Crippen molar-refractivity contribution in [2.45, 2.75) is 6.54 Å². The second kappa shape index (κ2) is 11.4. The summed E-state index contributed by atoms with van der Waals surface area (Å²) in [7, 11) is 1.57. The van der Waals surface area contributed by atoms with Crippen molar-refractivity contribution in [1.82, 2.24) is 15.6 Å². The quantitative estimate of drug-likeness (QED) is 0.490. The summed E-state index contributed by atoms with van der Waals surface area (Å²) >= 11 is 0. The van der Waals surface area contributed by atoms with E-state index in [0.717, 1.165) is 5.56 Å². The van der Waals surface area contributed by atoms with Crippen molar-refractivity contribution in [3.63, 3.8) is 0 Å². The van der Waals surface area contributed by atoms with Gasteiger partial charge in [0.15, 0.2) is 6.61 Å². The first-order chi connectivity index (χ1) is 13.2. The molecule has 1 aromatic carbocycles. The molecule has 2 amide bonds. The smallest absolute Gasteiger partial charge is 0.258 e. The number of nitrogens with zero attached hydrogens (tertiary/aromatic N) is 1. The molecule has 2 N–H and O–H groups in total. The lowest BCUT2D eigenvalue weighted by atomic mass is 10.2. The highest BCUT2D eigenvalue weighted by molar-refractivity contribution is 5.92. The zero-order valence-corrected chi connectivity index (χ0v) is 15.2. The van der Waals surface area contributed by atoms with Gasteiger partial charge in [-0.25, -0.2) is 0 Å². The van der Waals surface area contributed by atoms with Gasteiger partial charge in [0.1, 0.15) is 5.75 Å². The van der Waals surface area contributed by atoms with Gasteiger partial charge in [-0.1, -0.05) is 24.3 Å². The number of rotatable bonds is 10. The van der Waals surface area contributed by atoms with Crippen LogP contribution in [0.2, 0.25) is 0 Å². The summed E-state index contributed by atoms with van der Waals surface area (Å²) in [6.45, 7) is 1.16. The van der Waals surface area contributed by atoms with Gasteiger partial charge in [0.05, 0.1) is 6.61 Å². The van der Waals surface area contributed by atoms with Gasteiger partial charge in [-0.05, 0) is 23.8 Å². The standard InChI is InChI=1S/C20H23N3O4/c1-26-12-11-22-20(25)15-27-18-7-3-2-6-17(18)8-9-19(24)23-14-16-5-4-10-21-13-16/h2-10,13H,11-12,14-15H2,1H3,(H,22,25)(H,23,24)/b9-8+. The van der Waals surface area contributed by atoms with Crippen molar-refractivity contribution in [1.29, 1.82) is 0 Å². The van der Waals surface area contributed by atoms with Crippen molar-refractivity contribution in [3.05, 3.63) is 66.0 Å². The van der Waals surface area contributed by atoms with Gasteiger partial charge >= 0.3 is 0 Å². The number of hydrogen-bond donors (Lipinski definition) is 2. The second-order valence-electron chi connectivity index (χ2n) is 5.58. The number of pyridine rings is 1. The molecule has 0 saturated heterocycles. The molecule has 1 heterocycles. The van der Waals surface area contributed by atoms with Crippen LogP contribution in [0.5, 0.6) is 5.75 Å². The molecular formula is C20H23N3O4. The van der Waals surface area contributed by atoms with Crippen LogP contribution in [0.15, 0.2) is 54.9 Å². The van der Waals surface area contributed by atoms with Gasteiger partial charge in [0.25, 0.3) is 5.91 Å². The molecule has 0 unspecified atom stereocenters. The van der Waals surface area contributed by atoms with Crippen molar-refractivity contribution in [3.8, 4) is 5.75 Å². The van der Waals surface area contributed by atoms with E-state index in [9.17, 15) is 9.59 Å². The van der Waals surface area contributed by atoms with Crippen LogP contribution in [0, 0.1) is 0 Å². The Balaban J connectivity index is 1.85. The molecule has 0 bridgehead atoms. The van der Waals surface area contributed by atoms with Crippen molar-refractivity contribution < 1.29 is 19.1 Å². The molecule has 1 aromatic heterocycles. The molecule has 7 nitrogen and oxygen atoms in total. The fourth-order valence-electron chi connectivity index (χ4n) is 2.15. The number of carbonyl (C=O) groups excluding carboxylic acids is 2. The predicted octanol–water partition coefficient (Wildman–Crippen LogP) is 1.55. The number of methoxy groups -OCH3 is 1. The Morgan fingerprint density at radius 3 is 2.78 bits per heavy atom. The highest BCUT2D eigenvalue weighted by Gasteiger charge is 2.05. The fraction of sp³-hybridized carbons (Fsp3) is 0.250. The molecule has 142 valence electrons. The molecule has 0 radical (unpaired) electrons. The van der Waals surface area contributed by atoms with E-state index in [0.29, 0.717) is 31.0 Å². The number of nitrogens with one attached hydrogen (secondary N) is 2. The minimum Gasteiger partial charge on any atom is -0.483 e. The Bertz CT molecular complexity index is 763. The third-order valence-electron chi connectivity index (χ3n) is 3.51. The Morgan fingerprint density at radius 2 is 2.00 bits per heavy atom. The SMILES string of the molecule is COCCNC(=O)COc1ccccc1/C=C/C(=O)NCc1cccnc1. The van der Waals surface area contributed by atoms with E-state index >= 15 is 0 Å². The first kappa shape index (κ1) is 20.1. The summed E-state index contributed by atoms with van der Waals surface area (Å²) in [5.74, 6) is 0.0571. The summed E-state index contributed by atoms with van der Waals surface area (Å²) in [6, 6.07) is 10.9. The number of para-hydroxylation sites is 1. The molecule has 2 rings (SSSR count). The first-order valence-electron chi connectivity index (χ1n) is 8.51. The van der Waals surface area contributed by atoms with Crippen LogP contribution in [0.1, 0.15) is 11.1 Å². The molecular weight excluding hydrogens is 346 g/mol. The monoisotopic (exact) mass is 369 g/mol. The molecule has 0 fully saturated rings. The Kier molecular flexibility index (Phi) is 8.52. The van der Waals surface area contributed by atoms with Gasteiger partial charge in [-0.2, -0.15) is 0 Å². The minimum absolute atomic E-state index is 0.109. The Labute approximate surface area is 158 Å². The summed E-state index contributed by atoms with van der Waals surface area (Å²) in [6.07, 6.45) is 6.46. The summed E-state index contributed by atoms with van der Waals surface area (Å²) < 4.78 is 10.4. The van der Waals surface area contributed by atoms with E-state index in [4.69, 9.17) is 9.47 Å². The second-order valence-corrected chi connectivity index (χ2v) is 5.58. The van der Waals surface area contributed by atoms with E-state index in [-0.39, 0.29) is 18.4 Å². The molecule has 27 heavy (non-hydrogen) atoms. The van der Waals surface area contributed by atoms with Crippen molar-refractivity contribution in [2.75, 3.05) is 26.9 Å². The first-order valence-corrected chi connectivity index (χ1v) is 8.51. The largest absolute Gasteiger partial charge is 0.483 e. The molecule has 0 aliphatic rings. The molecule has 0 atom stereocenters. The summed E-state index contributed by atoms with van der Waals surface area (Å²) in [4.78, 5) is 27.7. The Hall–Kier alpha value is -3.19. The molecule has 0 aliphatic carbocycles. The van der Waals surface area contributed by atoms with Gasteiger partial charge in [-0.15, -0.1) is 0 Å². The number of hydrogen-bond acceptors (Lipinski definition) is 5. The topological polar surface area (TPSA) is 89.5 Å². The van der Waals surface area contributed by atoms with E-state index in [1.807, 2.05) is 24.3 Å². The van der Waals surface area contributed by atoms with Crippen molar-refractivity contribution in [2.24, 2.45) is 0 Å². The molecule has 7 heteroatoms. The summed E-state index contributed by atoms with van der Waals surface area (Å²) in [5.41, 5.74) is 1.63. The predicted molar refractivity (Wildman–Crippen MR) is 102 cm³/mol. The number of amides is 2. The van der Waals surface area contributed by atoms with E-state index in [1.165, 1.54) is 6.08 Å². The maximum absolute atomic E-state index is 12.0. The molecule has 0 spiro atoms. The van der Waals surface area contributed by atoms with E-state index < -0.39 is 0 Å². The zero-order chi connectivity index (χ0) is 19.3. The molecule has 0 aliphatic heterocycles. The van der Waals surface area contributed by atoms with Crippen LogP contribution in [0.3, 0.4) is 0 Å². The van der Waals surface area contributed by atoms with E-state index in [1.54, 1.807) is 37.7 Å². The Morgan fingerprint density at radius 1 is 1.15 bits per heavy atom. The van der Waals surface area contributed by atoms with Gasteiger partial charge in [-0.3, -0.25) is 14.6 Å². The molecule has 0 saturated carbocycles.